The van der Waals surface area contributed by atoms with Gasteiger partial charge in [0.15, 0.2) is 0 Å². The van der Waals surface area contributed by atoms with Crippen molar-refractivity contribution in [2.45, 2.75) is 19.3 Å². The average Bonchev–Trinajstić information content (AvgIpc) is 2.30. The van der Waals surface area contributed by atoms with Crippen LogP contribution in [0.1, 0.15) is 24.0 Å². The van der Waals surface area contributed by atoms with Crippen LogP contribution in [-0.2, 0) is 6.42 Å². The summed E-state index contributed by atoms with van der Waals surface area (Å²) in [6.07, 6.45) is 0.889. The number of nitrogens with two attached hydrogens (primary N) is 1. The Bertz CT molecular complexity index is 368. The SMILES string of the molecule is CCc1cc(C(C#N)CN)ccc1OC. The molecule has 80 valence electrons. The summed E-state index contributed by atoms with van der Waals surface area (Å²) in [6, 6.07) is 7.99. The molecule has 0 aliphatic heterocycles. The molecule has 1 rings (SSSR count). The minimum absolute atomic E-state index is 0.221. The van der Waals surface area contributed by atoms with Crippen LogP contribution in [0.25, 0.3) is 0 Å². The molecule has 1 aromatic rings. The topological polar surface area (TPSA) is 59.0 Å². The summed E-state index contributed by atoms with van der Waals surface area (Å²) in [5.74, 6) is 0.649. The first kappa shape index (κ1) is 11.5. The Morgan fingerprint density at radius 2 is 2.27 bits per heavy atom. The summed E-state index contributed by atoms with van der Waals surface area (Å²) in [6.45, 7) is 2.41. The fourth-order valence-corrected chi connectivity index (χ4v) is 1.55. The summed E-state index contributed by atoms with van der Waals surface area (Å²) in [5.41, 5.74) is 7.61. The number of hydrogen-bond donors (Lipinski definition) is 1. The van der Waals surface area contributed by atoms with Gasteiger partial charge in [0.25, 0.3) is 0 Å². The molecule has 0 aliphatic rings. The van der Waals surface area contributed by atoms with E-state index < -0.39 is 0 Å². The van der Waals surface area contributed by atoms with E-state index in [2.05, 4.69) is 13.0 Å². The Kier molecular flexibility index (Phi) is 4.14. The Balaban J connectivity index is 3.08. The average molecular weight is 204 g/mol. The molecule has 0 radical (unpaired) electrons. The van der Waals surface area contributed by atoms with Crippen molar-refractivity contribution in [3.05, 3.63) is 29.3 Å². The lowest BCUT2D eigenvalue weighted by Crippen LogP contribution is -2.10. The van der Waals surface area contributed by atoms with Gasteiger partial charge in [-0.25, -0.2) is 0 Å². The van der Waals surface area contributed by atoms with E-state index in [1.807, 2.05) is 18.2 Å². The Labute approximate surface area is 90.5 Å². The van der Waals surface area contributed by atoms with E-state index in [1.165, 1.54) is 0 Å². The highest BCUT2D eigenvalue weighted by Crippen LogP contribution is 2.24. The van der Waals surface area contributed by atoms with Crippen molar-refractivity contribution in [3.63, 3.8) is 0 Å². The van der Waals surface area contributed by atoms with Crippen molar-refractivity contribution >= 4 is 0 Å². The number of aryl methyl sites for hydroxylation is 1. The van der Waals surface area contributed by atoms with Gasteiger partial charge in [0.05, 0.1) is 19.1 Å². The van der Waals surface area contributed by atoms with Crippen LogP contribution in [0.3, 0.4) is 0 Å². The van der Waals surface area contributed by atoms with Crippen molar-refractivity contribution < 1.29 is 4.74 Å². The molecule has 3 nitrogen and oxygen atoms in total. The van der Waals surface area contributed by atoms with Crippen LogP contribution in [-0.4, -0.2) is 13.7 Å². The molecule has 0 bridgehead atoms. The molecule has 0 fully saturated rings. The zero-order chi connectivity index (χ0) is 11.3. The zero-order valence-electron chi connectivity index (χ0n) is 9.16. The van der Waals surface area contributed by atoms with Crippen LogP contribution in [0.5, 0.6) is 5.75 Å². The molecule has 0 saturated carbocycles. The van der Waals surface area contributed by atoms with Gasteiger partial charge in [0, 0.05) is 6.54 Å². The zero-order valence-corrected chi connectivity index (χ0v) is 9.16. The quantitative estimate of drug-likeness (QED) is 0.813. The second-order valence-electron chi connectivity index (χ2n) is 3.34. The van der Waals surface area contributed by atoms with E-state index >= 15 is 0 Å². The van der Waals surface area contributed by atoms with Gasteiger partial charge < -0.3 is 10.5 Å². The van der Waals surface area contributed by atoms with Gasteiger partial charge in [0.1, 0.15) is 5.75 Å². The number of methoxy groups -OCH3 is 1. The maximum absolute atomic E-state index is 8.91. The van der Waals surface area contributed by atoms with Crippen LogP contribution < -0.4 is 10.5 Å². The predicted molar refractivity (Wildman–Crippen MR) is 59.8 cm³/mol. The van der Waals surface area contributed by atoms with E-state index in [-0.39, 0.29) is 5.92 Å². The maximum Gasteiger partial charge on any atom is 0.122 e. The molecule has 0 saturated heterocycles. The predicted octanol–water partition coefficient (Wildman–Crippen LogP) is 1.82. The summed E-state index contributed by atoms with van der Waals surface area (Å²) in [4.78, 5) is 0. The third kappa shape index (κ3) is 2.48. The number of ether oxygens (including phenoxy) is 1. The van der Waals surface area contributed by atoms with Crippen LogP contribution in [0, 0.1) is 11.3 Å². The molecule has 0 spiro atoms. The normalized spacial score (nSPS) is 11.9. The van der Waals surface area contributed by atoms with Crippen molar-refractivity contribution in [3.8, 4) is 11.8 Å². The lowest BCUT2D eigenvalue weighted by atomic mass is 9.97. The first-order chi connectivity index (χ1) is 7.26. The second-order valence-corrected chi connectivity index (χ2v) is 3.34. The second kappa shape index (κ2) is 5.38. The van der Waals surface area contributed by atoms with Crippen LogP contribution >= 0.6 is 0 Å². The molecule has 1 unspecified atom stereocenters. The lowest BCUT2D eigenvalue weighted by molar-refractivity contribution is 0.410. The van der Waals surface area contributed by atoms with Gasteiger partial charge in [-0.3, -0.25) is 0 Å². The van der Waals surface area contributed by atoms with E-state index in [0.29, 0.717) is 6.54 Å². The van der Waals surface area contributed by atoms with Gasteiger partial charge in [-0.1, -0.05) is 19.1 Å². The van der Waals surface area contributed by atoms with E-state index in [9.17, 15) is 0 Å². The van der Waals surface area contributed by atoms with Crippen LogP contribution in [0.2, 0.25) is 0 Å². The minimum atomic E-state index is -0.221. The molecule has 1 aromatic carbocycles. The standard InChI is InChI=1S/C12H16N2O/c1-3-9-6-10(11(7-13)8-14)4-5-12(9)15-2/h4-6,11H,3,7,13H2,1-2H3. The molecule has 15 heavy (non-hydrogen) atoms. The third-order valence-electron chi connectivity index (χ3n) is 2.48. The number of nitrogens with zero attached hydrogens (tertiary/aromatic N) is 1. The van der Waals surface area contributed by atoms with Gasteiger partial charge in [0.2, 0.25) is 0 Å². The summed E-state index contributed by atoms with van der Waals surface area (Å²) in [7, 11) is 1.65. The number of benzene rings is 1. The molecule has 0 heterocycles. The molecule has 0 amide bonds. The maximum atomic E-state index is 8.91. The molecule has 0 aromatic heterocycles. The highest BCUT2D eigenvalue weighted by atomic mass is 16.5. The highest BCUT2D eigenvalue weighted by Gasteiger charge is 2.10. The van der Waals surface area contributed by atoms with Crippen molar-refractivity contribution in [1.82, 2.24) is 0 Å². The van der Waals surface area contributed by atoms with Gasteiger partial charge in [-0.15, -0.1) is 0 Å². The third-order valence-corrected chi connectivity index (χ3v) is 2.48. The molecule has 1 atom stereocenters. The van der Waals surface area contributed by atoms with E-state index in [4.69, 9.17) is 15.7 Å². The smallest absolute Gasteiger partial charge is 0.122 e. The van der Waals surface area contributed by atoms with Crippen molar-refractivity contribution in [1.29, 1.82) is 5.26 Å². The number of nitriles is 1. The molecular formula is C12H16N2O. The molecule has 0 aliphatic carbocycles. The van der Waals surface area contributed by atoms with Crippen molar-refractivity contribution in [2.24, 2.45) is 5.73 Å². The van der Waals surface area contributed by atoms with Crippen molar-refractivity contribution in [2.75, 3.05) is 13.7 Å². The van der Waals surface area contributed by atoms with Gasteiger partial charge in [-0.2, -0.15) is 5.26 Å². The molecular weight excluding hydrogens is 188 g/mol. The molecule has 2 N–H and O–H groups in total. The lowest BCUT2D eigenvalue weighted by Gasteiger charge is -2.11. The van der Waals surface area contributed by atoms with Crippen LogP contribution in [0.15, 0.2) is 18.2 Å². The summed E-state index contributed by atoms with van der Waals surface area (Å²) < 4.78 is 5.22. The first-order valence-corrected chi connectivity index (χ1v) is 5.03. The van der Waals surface area contributed by atoms with Gasteiger partial charge in [-0.05, 0) is 23.6 Å². The largest absolute Gasteiger partial charge is 0.496 e. The highest BCUT2D eigenvalue weighted by molar-refractivity contribution is 5.40. The van der Waals surface area contributed by atoms with Gasteiger partial charge >= 0.3 is 0 Å². The summed E-state index contributed by atoms with van der Waals surface area (Å²) >= 11 is 0. The first-order valence-electron chi connectivity index (χ1n) is 5.03. The molecule has 3 heteroatoms. The minimum Gasteiger partial charge on any atom is -0.496 e. The monoisotopic (exact) mass is 204 g/mol. The van der Waals surface area contributed by atoms with Crippen LogP contribution in [0.4, 0.5) is 0 Å². The number of rotatable bonds is 4. The summed E-state index contributed by atoms with van der Waals surface area (Å²) in [5, 5.41) is 8.91. The van der Waals surface area contributed by atoms with E-state index in [1.54, 1.807) is 7.11 Å². The Morgan fingerprint density at radius 1 is 1.53 bits per heavy atom. The Morgan fingerprint density at radius 3 is 2.73 bits per heavy atom. The Hall–Kier alpha value is -1.53. The fourth-order valence-electron chi connectivity index (χ4n) is 1.55. The number of hydrogen-bond acceptors (Lipinski definition) is 3. The fraction of sp³-hybridized carbons (Fsp3) is 0.417. The van der Waals surface area contributed by atoms with E-state index in [0.717, 1.165) is 23.3 Å².